The van der Waals surface area contributed by atoms with Crippen molar-refractivity contribution in [2.75, 3.05) is 13.2 Å². The van der Waals surface area contributed by atoms with Crippen LogP contribution >= 0.6 is 0 Å². The molecule has 0 saturated carbocycles. The predicted molar refractivity (Wildman–Crippen MR) is 219 cm³/mol. The Balaban J connectivity index is 3.45. The molecule has 0 aromatic carbocycles. The summed E-state index contributed by atoms with van der Waals surface area (Å²) >= 11 is 0. The van der Waals surface area contributed by atoms with E-state index < -0.39 is 6.10 Å². The van der Waals surface area contributed by atoms with Crippen LogP contribution in [-0.2, 0) is 19.1 Å². The van der Waals surface area contributed by atoms with E-state index in [1.807, 2.05) is 0 Å². The van der Waals surface area contributed by atoms with E-state index in [1.165, 1.54) is 205 Å². The van der Waals surface area contributed by atoms with Crippen LogP contribution < -0.4 is 0 Å². The SMILES string of the molecule is CCCCCCCCCCCCCCCCCCCCCC(=O)O[C@H](CO)COC(=O)CCCCCCCCCCCCCCCCCCCC. The summed E-state index contributed by atoms with van der Waals surface area (Å²) in [5.41, 5.74) is 0. The Morgan fingerprint density at radius 3 is 0.863 bits per heavy atom. The quantitative estimate of drug-likeness (QED) is 0.0501. The maximum Gasteiger partial charge on any atom is 0.306 e. The number of esters is 2. The van der Waals surface area contributed by atoms with Gasteiger partial charge in [0.1, 0.15) is 6.61 Å². The van der Waals surface area contributed by atoms with Crippen LogP contribution in [0.5, 0.6) is 0 Å². The molecular weight excluding hydrogens is 633 g/mol. The third kappa shape index (κ3) is 41.5. The van der Waals surface area contributed by atoms with Crippen LogP contribution in [0.1, 0.15) is 264 Å². The van der Waals surface area contributed by atoms with Crippen LogP contribution in [-0.4, -0.2) is 36.4 Å². The van der Waals surface area contributed by atoms with Crippen LogP contribution in [0.4, 0.5) is 0 Å². The molecule has 0 saturated heterocycles. The predicted octanol–water partition coefficient (Wildman–Crippen LogP) is 14.7. The van der Waals surface area contributed by atoms with Gasteiger partial charge in [0.2, 0.25) is 0 Å². The van der Waals surface area contributed by atoms with Gasteiger partial charge in [0, 0.05) is 12.8 Å². The maximum absolute atomic E-state index is 12.2. The molecule has 0 aliphatic rings. The van der Waals surface area contributed by atoms with Crippen molar-refractivity contribution in [3.63, 3.8) is 0 Å². The molecule has 5 heteroatoms. The van der Waals surface area contributed by atoms with Crippen molar-refractivity contribution in [2.24, 2.45) is 0 Å². The highest BCUT2D eigenvalue weighted by molar-refractivity contribution is 5.70. The van der Waals surface area contributed by atoms with Crippen molar-refractivity contribution >= 4 is 11.9 Å². The summed E-state index contributed by atoms with van der Waals surface area (Å²) in [6.07, 6.45) is 48.9. The van der Waals surface area contributed by atoms with Crippen molar-refractivity contribution in [3.8, 4) is 0 Å². The molecule has 1 N–H and O–H groups in total. The lowest BCUT2D eigenvalue weighted by Gasteiger charge is -2.15. The third-order valence-corrected chi connectivity index (χ3v) is 10.7. The average molecular weight is 723 g/mol. The highest BCUT2D eigenvalue weighted by Gasteiger charge is 2.16. The molecule has 0 rings (SSSR count). The molecule has 0 aromatic heterocycles. The van der Waals surface area contributed by atoms with E-state index in [2.05, 4.69) is 13.8 Å². The number of hydrogen-bond donors (Lipinski definition) is 1. The molecule has 0 aromatic rings. The summed E-state index contributed by atoms with van der Waals surface area (Å²) in [5, 5.41) is 9.59. The highest BCUT2D eigenvalue weighted by atomic mass is 16.6. The second kappa shape index (κ2) is 43.3. The van der Waals surface area contributed by atoms with Crippen molar-refractivity contribution in [2.45, 2.75) is 270 Å². The number of rotatable bonds is 43. The fraction of sp³-hybridized carbons (Fsp3) is 0.957. The number of ether oxygens (including phenoxy) is 2. The van der Waals surface area contributed by atoms with Crippen LogP contribution in [0, 0.1) is 0 Å². The second-order valence-corrected chi connectivity index (χ2v) is 15.9. The normalized spacial score (nSPS) is 12.0. The lowest BCUT2D eigenvalue weighted by atomic mass is 10.0. The van der Waals surface area contributed by atoms with E-state index in [0.29, 0.717) is 12.8 Å². The van der Waals surface area contributed by atoms with Gasteiger partial charge < -0.3 is 14.6 Å². The number of hydrogen-bond acceptors (Lipinski definition) is 5. The zero-order valence-corrected chi connectivity index (χ0v) is 34.6. The van der Waals surface area contributed by atoms with Gasteiger partial charge >= 0.3 is 11.9 Å². The summed E-state index contributed by atoms with van der Waals surface area (Å²) in [6.45, 7) is 4.19. The number of carbonyl (C=O) groups is 2. The first-order chi connectivity index (χ1) is 25.1. The summed E-state index contributed by atoms with van der Waals surface area (Å²) in [6, 6.07) is 0. The molecule has 0 radical (unpaired) electrons. The van der Waals surface area contributed by atoms with Crippen LogP contribution in [0.25, 0.3) is 0 Å². The van der Waals surface area contributed by atoms with E-state index in [9.17, 15) is 14.7 Å². The van der Waals surface area contributed by atoms with Crippen molar-refractivity contribution in [3.05, 3.63) is 0 Å². The highest BCUT2D eigenvalue weighted by Crippen LogP contribution is 2.17. The van der Waals surface area contributed by atoms with Gasteiger partial charge in [-0.25, -0.2) is 0 Å². The minimum absolute atomic E-state index is 0.0562. The second-order valence-electron chi connectivity index (χ2n) is 15.9. The largest absolute Gasteiger partial charge is 0.462 e. The Kier molecular flexibility index (Phi) is 42.4. The Hall–Kier alpha value is -1.10. The Bertz CT molecular complexity index is 695. The van der Waals surface area contributed by atoms with Gasteiger partial charge in [-0.3, -0.25) is 9.59 Å². The van der Waals surface area contributed by atoms with Crippen molar-refractivity contribution < 1.29 is 24.2 Å². The standard InChI is InChI=1S/C46H90O5/c1-3-5-7-9-11-13-15-17-19-21-23-25-27-29-31-33-35-37-39-41-46(49)51-44(42-47)43-50-45(48)40-38-36-34-32-30-28-26-24-22-20-18-16-14-12-10-8-6-4-2/h44,47H,3-43H2,1-2H3/t44-/m1/s1. The van der Waals surface area contributed by atoms with Gasteiger partial charge in [-0.15, -0.1) is 0 Å². The molecule has 0 amide bonds. The zero-order valence-electron chi connectivity index (χ0n) is 34.6. The molecule has 1 atom stereocenters. The molecular formula is C46H90O5. The van der Waals surface area contributed by atoms with Crippen molar-refractivity contribution in [1.82, 2.24) is 0 Å². The average Bonchev–Trinajstić information content (AvgIpc) is 3.13. The van der Waals surface area contributed by atoms with E-state index >= 15 is 0 Å². The van der Waals surface area contributed by atoms with Gasteiger partial charge in [-0.2, -0.15) is 0 Å². The summed E-state index contributed by atoms with van der Waals surface area (Å²) in [5.74, 6) is -0.569. The topological polar surface area (TPSA) is 72.8 Å². The lowest BCUT2D eigenvalue weighted by Crippen LogP contribution is -2.28. The van der Waals surface area contributed by atoms with Gasteiger partial charge in [0.05, 0.1) is 6.61 Å². The lowest BCUT2D eigenvalue weighted by molar-refractivity contribution is -0.161. The van der Waals surface area contributed by atoms with E-state index in [4.69, 9.17) is 9.47 Å². The van der Waals surface area contributed by atoms with E-state index in [1.54, 1.807) is 0 Å². The molecule has 51 heavy (non-hydrogen) atoms. The minimum Gasteiger partial charge on any atom is -0.462 e. The molecule has 0 aliphatic carbocycles. The molecule has 5 nitrogen and oxygen atoms in total. The summed E-state index contributed by atoms with van der Waals surface area (Å²) in [7, 11) is 0. The summed E-state index contributed by atoms with van der Waals surface area (Å²) in [4.78, 5) is 24.4. The Morgan fingerprint density at radius 1 is 0.373 bits per heavy atom. The molecule has 0 spiro atoms. The van der Waals surface area contributed by atoms with Gasteiger partial charge in [0.25, 0.3) is 0 Å². The molecule has 304 valence electrons. The number of carbonyl (C=O) groups excluding carboxylic acids is 2. The Labute approximate surface area is 319 Å². The molecule has 0 fully saturated rings. The molecule has 0 aliphatic heterocycles. The fourth-order valence-corrected chi connectivity index (χ4v) is 7.15. The summed E-state index contributed by atoms with van der Waals surface area (Å²) < 4.78 is 10.7. The van der Waals surface area contributed by atoms with Gasteiger partial charge in [0.15, 0.2) is 6.10 Å². The maximum atomic E-state index is 12.2. The van der Waals surface area contributed by atoms with Gasteiger partial charge in [-0.1, -0.05) is 239 Å². The number of aliphatic hydroxyl groups excluding tert-OH is 1. The van der Waals surface area contributed by atoms with Crippen molar-refractivity contribution in [1.29, 1.82) is 0 Å². The molecule has 0 bridgehead atoms. The first-order valence-electron chi connectivity index (χ1n) is 23.1. The van der Waals surface area contributed by atoms with Crippen LogP contribution in [0.2, 0.25) is 0 Å². The van der Waals surface area contributed by atoms with Gasteiger partial charge in [-0.05, 0) is 12.8 Å². The first-order valence-corrected chi connectivity index (χ1v) is 23.1. The first kappa shape index (κ1) is 49.9. The van der Waals surface area contributed by atoms with E-state index in [0.717, 1.165) is 32.1 Å². The van der Waals surface area contributed by atoms with Crippen LogP contribution in [0.3, 0.4) is 0 Å². The fourth-order valence-electron chi connectivity index (χ4n) is 7.15. The molecule has 0 unspecified atom stereocenters. The monoisotopic (exact) mass is 723 g/mol. The minimum atomic E-state index is -0.762. The smallest absolute Gasteiger partial charge is 0.306 e. The zero-order chi connectivity index (χ0) is 37.1. The number of aliphatic hydroxyl groups is 1. The van der Waals surface area contributed by atoms with E-state index in [-0.39, 0.29) is 25.2 Å². The third-order valence-electron chi connectivity index (χ3n) is 10.7. The van der Waals surface area contributed by atoms with Crippen LogP contribution in [0.15, 0.2) is 0 Å². The Morgan fingerprint density at radius 2 is 0.608 bits per heavy atom. The molecule has 0 heterocycles. The number of unbranched alkanes of at least 4 members (excludes halogenated alkanes) is 35.